The van der Waals surface area contributed by atoms with Gasteiger partial charge < -0.3 is 4.74 Å². The average Bonchev–Trinajstić information content (AvgIpc) is 2.25. The number of hydrogen-bond donors (Lipinski definition) is 0. The topological polar surface area (TPSA) is 39.2 Å². The van der Waals surface area contributed by atoms with Gasteiger partial charge >= 0.3 is 12.1 Å². The summed E-state index contributed by atoms with van der Waals surface area (Å²) in [6.07, 6.45) is -3.78. The molecule has 0 fully saturated rings. The van der Waals surface area contributed by atoms with Crippen LogP contribution in [0.5, 0.6) is 0 Å². The molecule has 0 amide bonds. The summed E-state index contributed by atoms with van der Waals surface area (Å²) >= 11 is 0. The van der Waals surface area contributed by atoms with Gasteiger partial charge in [0.1, 0.15) is 5.69 Å². The summed E-state index contributed by atoms with van der Waals surface area (Å²) in [6.45, 7) is 0. The maximum atomic E-state index is 12.1. The fourth-order valence-electron chi connectivity index (χ4n) is 0.802. The molecule has 0 N–H and O–H groups in total. The van der Waals surface area contributed by atoms with Gasteiger partial charge in [-0.2, -0.15) is 13.2 Å². The summed E-state index contributed by atoms with van der Waals surface area (Å²) in [5.74, 6) is 3.55. The minimum atomic E-state index is -4.43. The lowest BCUT2D eigenvalue weighted by Crippen LogP contribution is -2.05. The van der Waals surface area contributed by atoms with Crippen LogP contribution in [0.25, 0.3) is 0 Å². The maximum absolute atomic E-state index is 12.1. The lowest BCUT2D eigenvalue weighted by atomic mass is 10.2. The van der Waals surface area contributed by atoms with Gasteiger partial charge in [0.15, 0.2) is 0 Å². The molecule has 6 heteroatoms. The number of ether oxygens (including phenoxy) is 1. The zero-order valence-electron chi connectivity index (χ0n) is 8.13. The van der Waals surface area contributed by atoms with E-state index in [1.54, 1.807) is 0 Å². The predicted octanol–water partition coefficient (Wildman–Crippen LogP) is 1.62. The van der Waals surface area contributed by atoms with Gasteiger partial charge in [0.05, 0.1) is 12.7 Å². The van der Waals surface area contributed by atoms with Gasteiger partial charge in [-0.3, -0.25) is 0 Å². The number of carbonyl (C=O) groups excluding carboxylic acids is 1. The van der Waals surface area contributed by atoms with Gasteiger partial charge in [-0.05, 0) is 18.1 Å². The first kappa shape index (κ1) is 12.0. The van der Waals surface area contributed by atoms with Crippen LogP contribution in [0.4, 0.5) is 13.2 Å². The molecule has 1 rings (SSSR count). The summed E-state index contributed by atoms with van der Waals surface area (Å²) in [4.78, 5) is 14.1. The molecule has 0 bridgehead atoms. The Labute approximate surface area is 89.2 Å². The van der Waals surface area contributed by atoms with E-state index in [1.165, 1.54) is 0 Å². The van der Waals surface area contributed by atoms with Crippen molar-refractivity contribution in [2.45, 2.75) is 6.18 Å². The second-order valence-electron chi connectivity index (χ2n) is 2.67. The standard InChI is InChI=1S/C10H6F3NO2/c1-16-9(15)5-4-8-3-2-7(6-14-8)10(11,12)13/h2-3,6H,1H3. The van der Waals surface area contributed by atoms with Gasteiger partial charge in [-0.1, -0.05) is 0 Å². The van der Waals surface area contributed by atoms with Crippen molar-refractivity contribution in [3.8, 4) is 11.8 Å². The molecule has 0 unspecified atom stereocenters. The number of methoxy groups -OCH3 is 1. The van der Waals surface area contributed by atoms with Crippen LogP contribution >= 0.6 is 0 Å². The van der Waals surface area contributed by atoms with E-state index >= 15 is 0 Å². The van der Waals surface area contributed by atoms with Crippen molar-refractivity contribution < 1.29 is 22.7 Å². The van der Waals surface area contributed by atoms with E-state index in [4.69, 9.17) is 0 Å². The van der Waals surface area contributed by atoms with Crippen molar-refractivity contribution in [3.05, 3.63) is 29.6 Å². The molecule has 0 saturated carbocycles. The molecule has 0 aliphatic rings. The van der Waals surface area contributed by atoms with Gasteiger partial charge in [-0.25, -0.2) is 9.78 Å². The zero-order chi connectivity index (χ0) is 12.2. The minimum absolute atomic E-state index is 0.0680. The Balaban J connectivity index is 2.87. The Hall–Kier alpha value is -2.03. The van der Waals surface area contributed by atoms with Crippen LogP contribution in [0.1, 0.15) is 11.3 Å². The quantitative estimate of drug-likeness (QED) is 0.501. The largest absolute Gasteiger partial charge is 0.459 e. The van der Waals surface area contributed by atoms with Gasteiger partial charge in [0.2, 0.25) is 0 Å². The van der Waals surface area contributed by atoms with Crippen molar-refractivity contribution >= 4 is 5.97 Å². The van der Waals surface area contributed by atoms with Crippen LogP contribution < -0.4 is 0 Å². The summed E-state index contributed by atoms with van der Waals surface area (Å²) in [5.41, 5.74) is -0.797. The number of aromatic nitrogens is 1. The molecule has 0 radical (unpaired) electrons. The third-order valence-corrected chi connectivity index (χ3v) is 1.57. The van der Waals surface area contributed by atoms with E-state index in [9.17, 15) is 18.0 Å². The molecule has 1 aromatic rings. The van der Waals surface area contributed by atoms with Crippen LogP contribution in [-0.4, -0.2) is 18.1 Å². The normalized spacial score (nSPS) is 10.2. The number of esters is 1. The molecule has 3 nitrogen and oxygen atoms in total. The molecule has 0 aliphatic carbocycles. The highest BCUT2D eigenvalue weighted by molar-refractivity contribution is 5.88. The Morgan fingerprint density at radius 1 is 1.44 bits per heavy atom. The van der Waals surface area contributed by atoms with Crippen molar-refractivity contribution in [1.29, 1.82) is 0 Å². The number of nitrogens with zero attached hydrogens (tertiary/aromatic N) is 1. The van der Waals surface area contributed by atoms with Crippen LogP contribution in [-0.2, 0) is 15.7 Å². The van der Waals surface area contributed by atoms with E-state index < -0.39 is 17.7 Å². The van der Waals surface area contributed by atoms with E-state index in [-0.39, 0.29) is 5.69 Å². The first-order valence-corrected chi connectivity index (χ1v) is 4.06. The first-order chi connectivity index (χ1) is 7.43. The molecule has 1 aromatic heterocycles. The SMILES string of the molecule is COC(=O)C#Cc1ccc(C(F)(F)F)cn1. The monoisotopic (exact) mass is 229 g/mol. The Morgan fingerprint density at radius 2 is 2.12 bits per heavy atom. The lowest BCUT2D eigenvalue weighted by Gasteiger charge is -2.04. The molecule has 1 heterocycles. The molecular formula is C10H6F3NO2. The zero-order valence-corrected chi connectivity index (χ0v) is 8.13. The minimum Gasteiger partial charge on any atom is -0.459 e. The highest BCUT2D eigenvalue weighted by atomic mass is 19.4. The first-order valence-electron chi connectivity index (χ1n) is 4.06. The number of hydrogen-bond acceptors (Lipinski definition) is 3. The number of alkyl halides is 3. The highest BCUT2D eigenvalue weighted by Gasteiger charge is 2.30. The second kappa shape index (κ2) is 4.66. The van der Waals surface area contributed by atoms with Crippen LogP contribution in [0.3, 0.4) is 0 Å². The van der Waals surface area contributed by atoms with E-state index in [0.717, 1.165) is 19.2 Å². The fourth-order valence-corrected chi connectivity index (χ4v) is 0.802. The Morgan fingerprint density at radius 3 is 2.56 bits per heavy atom. The van der Waals surface area contributed by atoms with E-state index in [2.05, 4.69) is 21.6 Å². The molecule has 0 saturated heterocycles. The summed E-state index contributed by atoms with van der Waals surface area (Å²) in [6, 6.07) is 1.92. The van der Waals surface area contributed by atoms with Crippen molar-refractivity contribution in [3.63, 3.8) is 0 Å². The van der Waals surface area contributed by atoms with Crippen molar-refractivity contribution in [2.75, 3.05) is 7.11 Å². The molecule has 0 spiro atoms. The van der Waals surface area contributed by atoms with E-state index in [0.29, 0.717) is 6.20 Å². The third-order valence-electron chi connectivity index (χ3n) is 1.57. The molecule has 0 aromatic carbocycles. The number of halogens is 3. The summed E-state index contributed by atoms with van der Waals surface area (Å²) in [7, 11) is 1.15. The van der Waals surface area contributed by atoms with Crippen LogP contribution in [0.2, 0.25) is 0 Å². The predicted molar refractivity (Wildman–Crippen MR) is 48.1 cm³/mol. The highest BCUT2D eigenvalue weighted by Crippen LogP contribution is 2.28. The fraction of sp³-hybridized carbons (Fsp3) is 0.200. The van der Waals surface area contributed by atoms with Crippen LogP contribution in [0.15, 0.2) is 18.3 Å². The van der Waals surface area contributed by atoms with Crippen LogP contribution in [0, 0.1) is 11.8 Å². The Kier molecular flexibility index (Phi) is 3.51. The average molecular weight is 229 g/mol. The molecule has 16 heavy (non-hydrogen) atoms. The second-order valence-corrected chi connectivity index (χ2v) is 2.67. The summed E-state index contributed by atoms with van der Waals surface area (Å²) < 4.78 is 40.6. The van der Waals surface area contributed by atoms with Gasteiger partial charge in [0.25, 0.3) is 0 Å². The number of carbonyl (C=O) groups is 1. The Bertz CT molecular complexity index is 440. The summed E-state index contributed by atoms with van der Waals surface area (Å²) in [5, 5.41) is 0. The van der Waals surface area contributed by atoms with E-state index in [1.807, 2.05) is 0 Å². The van der Waals surface area contributed by atoms with Gasteiger partial charge in [0, 0.05) is 12.1 Å². The molecule has 84 valence electrons. The number of rotatable bonds is 0. The van der Waals surface area contributed by atoms with Crippen molar-refractivity contribution in [2.24, 2.45) is 0 Å². The lowest BCUT2D eigenvalue weighted by molar-refractivity contribution is -0.138. The smallest absolute Gasteiger partial charge is 0.417 e. The third kappa shape index (κ3) is 3.28. The maximum Gasteiger partial charge on any atom is 0.417 e. The van der Waals surface area contributed by atoms with Gasteiger partial charge in [-0.15, -0.1) is 0 Å². The molecule has 0 aliphatic heterocycles. The molecular weight excluding hydrogens is 223 g/mol. The van der Waals surface area contributed by atoms with Crippen molar-refractivity contribution in [1.82, 2.24) is 4.98 Å². The molecule has 0 atom stereocenters. The number of pyridine rings is 1.